The Morgan fingerprint density at radius 2 is 2.33 bits per heavy atom. The van der Waals surface area contributed by atoms with Gasteiger partial charge in [-0.25, -0.2) is 0 Å². The highest BCUT2D eigenvalue weighted by Crippen LogP contribution is 2.25. The van der Waals surface area contributed by atoms with Crippen molar-refractivity contribution in [1.29, 1.82) is 0 Å². The number of rotatable bonds is 5. The Labute approximate surface area is 120 Å². The Kier molecular flexibility index (Phi) is 5.21. The SMILES string of the molecule is O=C(O)C1CCCC(NCCc2ccc(Br)s2)C1. The molecule has 2 N–H and O–H groups in total. The fourth-order valence-corrected chi connectivity index (χ4v) is 3.97. The number of hydrogen-bond acceptors (Lipinski definition) is 3. The third-order valence-electron chi connectivity index (χ3n) is 3.46. The molecule has 2 unspecified atom stereocenters. The van der Waals surface area contributed by atoms with Crippen LogP contribution in [0, 0.1) is 5.92 Å². The molecular weight excluding hydrogens is 314 g/mol. The molecule has 18 heavy (non-hydrogen) atoms. The Morgan fingerprint density at radius 1 is 1.50 bits per heavy atom. The summed E-state index contributed by atoms with van der Waals surface area (Å²) in [5.41, 5.74) is 0. The first kappa shape index (κ1) is 14.0. The second-order valence-electron chi connectivity index (χ2n) is 4.81. The van der Waals surface area contributed by atoms with Crippen LogP contribution < -0.4 is 5.32 Å². The molecule has 100 valence electrons. The van der Waals surface area contributed by atoms with Crippen molar-refractivity contribution in [2.75, 3.05) is 6.54 Å². The van der Waals surface area contributed by atoms with E-state index in [4.69, 9.17) is 5.11 Å². The van der Waals surface area contributed by atoms with Gasteiger partial charge < -0.3 is 10.4 Å². The fourth-order valence-electron chi connectivity index (χ4n) is 2.49. The van der Waals surface area contributed by atoms with Gasteiger partial charge in [-0.15, -0.1) is 11.3 Å². The van der Waals surface area contributed by atoms with E-state index >= 15 is 0 Å². The average Bonchev–Trinajstić information content (AvgIpc) is 2.75. The molecule has 0 radical (unpaired) electrons. The molecule has 1 saturated carbocycles. The van der Waals surface area contributed by atoms with Crippen LogP contribution in [0.3, 0.4) is 0 Å². The van der Waals surface area contributed by atoms with Gasteiger partial charge in [0, 0.05) is 17.5 Å². The highest BCUT2D eigenvalue weighted by atomic mass is 79.9. The zero-order valence-corrected chi connectivity index (χ0v) is 12.6. The van der Waals surface area contributed by atoms with Crippen LogP contribution in [0.2, 0.25) is 0 Å². The van der Waals surface area contributed by atoms with Gasteiger partial charge in [0.05, 0.1) is 9.70 Å². The maximum absolute atomic E-state index is 11.0. The Bertz CT molecular complexity index is 407. The van der Waals surface area contributed by atoms with Gasteiger partial charge in [-0.3, -0.25) is 4.79 Å². The van der Waals surface area contributed by atoms with Crippen LogP contribution in [0.5, 0.6) is 0 Å². The molecule has 0 amide bonds. The quantitative estimate of drug-likeness (QED) is 0.870. The predicted molar refractivity (Wildman–Crippen MR) is 77.1 cm³/mol. The molecule has 1 aliphatic carbocycles. The van der Waals surface area contributed by atoms with Crippen LogP contribution in [-0.2, 0) is 11.2 Å². The smallest absolute Gasteiger partial charge is 0.306 e. The molecule has 1 aromatic rings. The van der Waals surface area contributed by atoms with Crippen LogP contribution in [0.4, 0.5) is 0 Å². The monoisotopic (exact) mass is 331 g/mol. The average molecular weight is 332 g/mol. The summed E-state index contributed by atoms with van der Waals surface area (Å²) in [6.07, 6.45) is 4.77. The molecule has 0 aromatic carbocycles. The first-order chi connectivity index (χ1) is 8.65. The minimum Gasteiger partial charge on any atom is -0.481 e. The third kappa shape index (κ3) is 4.07. The molecule has 0 spiro atoms. The molecule has 1 heterocycles. The van der Waals surface area contributed by atoms with Crippen molar-refractivity contribution < 1.29 is 9.90 Å². The van der Waals surface area contributed by atoms with Gasteiger partial charge in [0.25, 0.3) is 0 Å². The van der Waals surface area contributed by atoms with E-state index in [1.54, 1.807) is 11.3 Å². The summed E-state index contributed by atoms with van der Waals surface area (Å²) in [5, 5.41) is 12.5. The van der Waals surface area contributed by atoms with E-state index in [1.165, 1.54) is 8.66 Å². The maximum Gasteiger partial charge on any atom is 0.306 e. The van der Waals surface area contributed by atoms with Gasteiger partial charge in [-0.2, -0.15) is 0 Å². The number of nitrogens with one attached hydrogen (secondary N) is 1. The minimum atomic E-state index is -0.635. The lowest BCUT2D eigenvalue weighted by Gasteiger charge is -2.27. The number of halogens is 1. The van der Waals surface area contributed by atoms with Gasteiger partial charge in [-0.1, -0.05) is 6.42 Å². The van der Waals surface area contributed by atoms with E-state index in [-0.39, 0.29) is 5.92 Å². The van der Waals surface area contributed by atoms with Crippen LogP contribution in [0.1, 0.15) is 30.6 Å². The topological polar surface area (TPSA) is 49.3 Å². The summed E-state index contributed by atoms with van der Waals surface area (Å²) in [6.45, 7) is 0.934. The zero-order chi connectivity index (χ0) is 13.0. The molecule has 1 fully saturated rings. The molecule has 1 aromatic heterocycles. The van der Waals surface area contributed by atoms with Crippen molar-refractivity contribution in [1.82, 2.24) is 5.32 Å². The molecule has 5 heteroatoms. The molecule has 2 rings (SSSR count). The van der Waals surface area contributed by atoms with Gasteiger partial charge in [0.15, 0.2) is 0 Å². The van der Waals surface area contributed by atoms with Crippen LogP contribution in [-0.4, -0.2) is 23.7 Å². The predicted octanol–water partition coefficient (Wildman–Crippen LogP) is 3.29. The van der Waals surface area contributed by atoms with Gasteiger partial charge in [-0.05, 0) is 53.7 Å². The summed E-state index contributed by atoms with van der Waals surface area (Å²) >= 11 is 5.22. The van der Waals surface area contributed by atoms with Crippen LogP contribution in [0.15, 0.2) is 15.9 Å². The molecule has 2 atom stereocenters. The first-order valence-corrected chi connectivity index (χ1v) is 7.96. The molecule has 0 aliphatic heterocycles. The van der Waals surface area contributed by atoms with E-state index in [0.717, 1.165) is 38.6 Å². The van der Waals surface area contributed by atoms with E-state index in [2.05, 4.69) is 33.4 Å². The second-order valence-corrected chi connectivity index (χ2v) is 7.36. The Morgan fingerprint density at radius 3 is 3.00 bits per heavy atom. The van der Waals surface area contributed by atoms with Crippen LogP contribution in [0.25, 0.3) is 0 Å². The number of hydrogen-bond donors (Lipinski definition) is 2. The summed E-state index contributed by atoms with van der Waals surface area (Å²) in [6, 6.07) is 4.58. The summed E-state index contributed by atoms with van der Waals surface area (Å²) in [7, 11) is 0. The van der Waals surface area contributed by atoms with Crippen molar-refractivity contribution in [2.45, 2.75) is 38.1 Å². The van der Waals surface area contributed by atoms with E-state index < -0.39 is 5.97 Å². The lowest BCUT2D eigenvalue weighted by atomic mass is 9.86. The second kappa shape index (κ2) is 6.68. The van der Waals surface area contributed by atoms with Crippen molar-refractivity contribution >= 4 is 33.2 Å². The Balaban J connectivity index is 1.71. The zero-order valence-electron chi connectivity index (χ0n) is 10.2. The molecule has 3 nitrogen and oxygen atoms in total. The molecule has 0 saturated heterocycles. The fraction of sp³-hybridized carbons (Fsp3) is 0.615. The lowest BCUT2D eigenvalue weighted by molar-refractivity contribution is -0.143. The number of carboxylic acids is 1. The van der Waals surface area contributed by atoms with Crippen LogP contribution >= 0.6 is 27.3 Å². The standard InChI is InChI=1S/C13H18BrNO2S/c14-12-5-4-11(18-12)6-7-15-10-3-1-2-9(8-10)13(16)17/h4-5,9-10,15H,1-3,6-8H2,(H,16,17). The van der Waals surface area contributed by atoms with Crippen molar-refractivity contribution in [3.05, 3.63) is 20.8 Å². The number of thiophene rings is 1. The Hall–Kier alpha value is -0.390. The summed E-state index contributed by atoms with van der Waals surface area (Å²) < 4.78 is 1.17. The van der Waals surface area contributed by atoms with Gasteiger partial charge in [0.1, 0.15) is 0 Å². The van der Waals surface area contributed by atoms with Crippen molar-refractivity contribution in [3.8, 4) is 0 Å². The summed E-state index contributed by atoms with van der Waals surface area (Å²) in [5.74, 6) is -0.782. The maximum atomic E-state index is 11.0. The van der Waals surface area contributed by atoms with E-state index in [0.29, 0.717) is 6.04 Å². The van der Waals surface area contributed by atoms with Crippen molar-refractivity contribution in [3.63, 3.8) is 0 Å². The van der Waals surface area contributed by atoms with Crippen molar-refractivity contribution in [2.24, 2.45) is 5.92 Å². The largest absolute Gasteiger partial charge is 0.481 e. The number of carboxylic acid groups (broad SMARTS) is 1. The number of aliphatic carboxylic acids is 1. The highest BCUT2D eigenvalue weighted by molar-refractivity contribution is 9.11. The van der Waals surface area contributed by atoms with Gasteiger partial charge >= 0.3 is 5.97 Å². The van der Waals surface area contributed by atoms with E-state index in [9.17, 15) is 4.79 Å². The normalized spacial score (nSPS) is 24.1. The number of carbonyl (C=O) groups is 1. The molecule has 1 aliphatic rings. The van der Waals surface area contributed by atoms with Gasteiger partial charge in [0.2, 0.25) is 0 Å². The summed E-state index contributed by atoms with van der Waals surface area (Å²) in [4.78, 5) is 12.3. The minimum absolute atomic E-state index is 0.146. The molecular formula is C13H18BrNO2S. The lowest BCUT2D eigenvalue weighted by Crippen LogP contribution is -2.37. The molecule has 0 bridgehead atoms. The third-order valence-corrected chi connectivity index (χ3v) is 5.14. The first-order valence-electron chi connectivity index (χ1n) is 6.35. The highest BCUT2D eigenvalue weighted by Gasteiger charge is 2.26. The van der Waals surface area contributed by atoms with E-state index in [1.807, 2.05) is 0 Å².